The zero-order valence-corrected chi connectivity index (χ0v) is 12.6. The third-order valence-corrected chi connectivity index (χ3v) is 5.50. The monoisotopic (exact) mass is 335 g/mol. The molecule has 0 bridgehead atoms. The Kier molecular flexibility index (Phi) is 3.55. The molecule has 2 rings (SSSR count). The van der Waals surface area contributed by atoms with Gasteiger partial charge in [0.25, 0.3) is 0 Å². The Morgan fingerprint density at radius 3 is 2.61 bits per heavy atom. The molecule has 0 radical (unpaired) electrons. The summed E-state index contributed by atoms with van der Waals surface area (Å²) in [5.41, 5.74) is 0.216. The van der Waals surface area contributed by atoms with E-state index in [9.17, 15) is 12.8 Å². The van der Waals surface area contributed by atoms with Gasteiger partial charge in [0.05, 0.1) is 9.37 Å². The molecule has 0 aliphatic heterocycles. The number of sulfonamides is 1. The number of nitrogens with one attached hydrogen (secondary N) is 1. The van der Waals surface area contributed by atoms with E-state index in [0.717, 1.165) is 12.5 Å². The summed E-state index contributed by atoms with van der Waals surface area (Å²) in [6.07, 6.45) is 1.02. The molecule has 1 saturated carbocycles. The van der Waals surface area contributed by atoms with Gasteiger partial charge in [-0.3, -0.25) is 0 Å². The van der Waals surface area contributed by atoms with Gasteiger partial charge in [-0.05, 0) is 51.9 Å². The zero-order chi connectivity index (χ0) is 13.6. The maximum atomic E-state index is 13.3. The molecule has 1 aliphatic carbocycles. The second-order valence-corrected chi connectivity index (χ2v) is 7.94. The van der Waals surface area contributed by atoms with E-state index in [1.165, 1.54) is 12.1 Å². The molecule has 0 aromatic heterocycles. The topological polar surface area (TPSA) is 46.2 Å². The van der Waals surface area contributed by atoms with Crippen molar-refractivity contribution in [2.45, 2.75) is 25.2 Å². The van der Waals surface area contributed by atoms with E-state index < -0.39 is 15.8 Å². The average Bonchev–Trinajstić information content (AvgIpc) is 2.88. The van der Waals surface area contributed by atoms with Crippen LogP contribution in [0.25, 0.3) is 0 Å². The van der Waals surface area contributed by atoms with Crippen LogP contribution in [-0.2, 0) is 10.0 Å². The van der Waals surface area contributed by atoms with E-state index in [2.05, 4.69) is 34.5 Å². The number of halogens is 2. The van der Waals surface area contributed by atoms with Gasteiger partial charge < -0.3 is 0 Å². The number of hydrogen-bond acceptors (Lipinski definition) is 2. The van der Waals surface area contributed by atoms with Crippen molar-refractivity contribution < 1.29 is 12.8 Å². The van der Waals surface area contributed by atoms with Crippen LogP contribution >= 0.6 is 15.9 Å². The van der Waals surface area contributed by atoms with Crippen molar-refractivity contribution in [3.05, 3.63) is 28.5 Å². The fourth-order valence-electron chi connectivity index (χ4n) is 1.86. The van der Waals surface area contributed by atoms with Gasteiger partial charge >= 0.3 is 0 Å². The van der Waals surface area contributed by atoms with Crippen LogP contribution in [0, 0.1) is 17.2 Å². The first-order valence-corrected chi connectivity index (χ1v) is 7.95. The Hall–Kier alpha value is -0.460. The van der Waals surface area contributed by atoms with Crippen molar-refractivity contribution in [2.24, 2.45) is 11.3 Å². The SMILES string of the molecule is CC1(C)CC1CNS(=O)(=O)c1ccc(Br)c(F)c1. The summed E-state index contributed by atoms with van der Waals surface area (Å²) in [7, 11) is -3.62. The van der Waals surface area contributed by atoms with Crippen molar-refractivity contribution in [1.29, 1.82) is 0 Å². The van der Waals surface area contributed by atoms with Crippen LogP contribution in [0.2, 0.25) is 0 Å². The minimum absolute atomic E-state index is 0.0401. The van der Waals surface area contributed by atoms with Crippen LogP contribution < -0.4 is 4.72 Å². The van der Waals surface area contributed by atoms with E-state index >= 15 is 0 Å². The second-order valence-electron chi connectivity index (χ2n) is 5.32. The zero-order valence-electron chi connectivity index (χ0n) is 10.2. The van der Waals surface area contributed by atoms with E-state index in [-0.39, 0.29) is 14.8 Å². The molecule has 0 spiro atoms. The highest BCUT2D eigenvalue weighted by molar-refractivity contribution is 9.10. The van der Waals surface area contributed by atoms with Crippen LogP contribution in [0.1, 0.15) is 20.3 Å². The smallest absolute Gasteiger partial charge is 0.211 e. The van der Waals surface area contributed by atoms with Crippen LogP contribution in [0.4, 0.5) is 4.39 Å². The molecule has 6 heteroatoms. The lowest BCUT2D eigenvalue weighted by Gasteiger charge is -2.08. The van der Waals surface area contributed by atoms with Gasteiger partial charge in [0.1, 0.15) is 5.82 Å². The summed E-state index contributed by atoms with van der Waals surface area (Å²) in [4.78, 5) is -0.0401. The summed E-state index contributed by atoms with van der Waals surface area (Å²) >= 11 is 2.99. The minimum atomic E-state index is -3.62. The summed E-state index contributed by atoms with van der Waals surface area (Å²) < 4.78 is 40.0. The lowest BCUT2D eigenvalue weighted by Crippen LogP contribution is -2.26. The Bertz CT molecular complexity index is 571. The number of benzene rings is 1. The third kappa shape index (κ3) is 2.92. The van der Waals surface area contributed by atoms with Gasteiger partial charge in [0, 0.05) is 6.54 Å². The van der Waals surface area contributed by atoms with Crippen LogP contribution in [0.5, 0.6) is 0 Å². The van der Waals surface area contributed by atoms with Gasteiger partial charge in [-0.1, -0.05) is 13.8 Å². The van der Waals surface area contributed by atoms with Crippen molar-refractivity contribution >= 4 is 26.0 Å². The first kappa shape index (κ1) is 14.0. The van der Waals surface area contributed by atoms with Gasteiger partial charge in [-0.2, -0.15) is 0 Å². The molecule has 1 aromatic carbocycles. The number of rotatable bonds is 4. The highest BCUT2D eigenvalue weighted by Crippen LogP contribution is 2.51. The predicted octanol–water partition coefficient (Wildman–Crippen LogP) is 2.91. The Balaban J connectivity index is 2.08. The van der Waals surface area contributed by atoms with E-state index in [0.29, 0.717) is 12.5 Å². The Morgan fingerprint density at radius 1 is 1.50 bits per heavy atom. The molecule has 18 heavy (non-hydrogen) atoms. The van der Waals surface area contributed by atoms with Crippen molar-refractivity contribution in [3.63, 3.8) is 0 Å². The standard InChI is InChI=1S/C12H15BrFNO2S/c1-12(2)6-8(12)7-15-18(16,17)9-3-4-10(13)11(14)5-9/h3-5,8,15H,6-7H2,1-2H3. The molecule has 100 valence electrons. The lowest BCUT2D eigenvalue weighted by molar-refractivity contribution is 0.536. The molecule has 1 N–H and O–H groups in total. The second kappa shape index (κ2) is 4.58. The normalized spacial score (nSPS) is 21.9. The third-order valence-electron chi connectivity index (χ3n) is 3.44. The maximum Gasteiger partial charge on any atom is 0.240 e. The van der Waals surface area contributed by atoms with Gasteiger partial charge in [-0.25, -0.2) is 17.5 Å². The summed E-state index contributed by atoms with van der Waals surface area (Å²) in [5, 5.41) is 0. The first-order chi connectivity index (χ1) is 8.22. The van der Waals surface area contributed by atoms with Gasteiger partial charge in [0.2, 0.25) is 10.0 Å². The molecule has 0 amide bonds. The minimum Gasteiger partial charge on any atom is -0.211 e. The molecule has 1 aliphatic rings. The first-order valence-electron chi connectivity index (χ1n) is 5.67. The molecule has 1 aromatic rings. The van der Waals surface area contributed by atoms with E-state index in [1.54, 1.807) is 0 Å². The Labute approximate surface area is 115 Å². The van der Waals surface area contributed by atoms with Crippen molar-refractivity contribution in [2.75, 3.05) is 6.54 Å². The molecule has 3 nitrogen and oxygen atoms in total. The van der Waals surface area contributed by atoms with Crippen molar-refractivity contribution in [1.82, 2.24) is 4.72 Å². The van der Waals surface area contributed by atoms with E-state index in [4.69, 9.17) is 0 Å². The molecule has 1 fully saturated rings. The van der Waals surface area contributed by atoms with Crippen LogP contribution in [-0.4, -0.2) is 15.0 Å². The fraction of sp³-hybridized carbons (Fsp3) is 0.500. The molecule has 0 saturated heterocycles. The Morgan fingerprint density at radius 2 is 2.11 bits per heavy atom. The number of hydrogen-bond donors (Lipinski definition) is 1. The quantitative estimate of drug-likeness (QED) is 0.919. The predicted molar refractivity (Wildman–Crippen MR) is 71.2 cm³/mol. The lowest BCUT2D eigenvalue weighted by atomic mass is 10.1. The molecular weight excluding hydrogens is 321 g/mol. The molecule has 1 unspecified atom stereocenters. The summed E-state index contributed by atoms with van der Waals surface area (Å²) in [6.45, 7) is 4.61. The summed E-state index contributed by atoms with van der Waals surface area (Å²) in [5.74, 6) is -0.211. The molecular formula is C12H15BrFNO2S. The van der Waals surface area contributed by atoms with Crippen molar-refractivity contribution in [3.8, 4) is 0 Å². The largest absolute Gasteiger partial charge is 0.240 e. The van der Waals surface area contributed by atoms with Gasteiger partial charge in [-0.15, -0.1) is 0 Å². The van der Waals surface area contributed by atoms with Gasteiger partial charge in [0.15, 0.2) is 0 Å². The van der Waals surface area contributed by atoms with E-state index in [1.807, 2.05) is 0 Å². The molecule has 1 atom stereocenters. The molecule has 0 heterocycles. The fourth-order valence-corrected chi connectivity index (χ4v) is 3.20. The maximum absolute atomic E-state index is 13.3. The average molecular weight is 336 g/mol. The van der Waals surface area contributed by atoms with Crippen LogP contribution in [0.15, 0.2) is 27.6 Å². The summed E-state index contributed by atoms with van der Waals surface area (Å²) in [6, 6.07) is 3.79. The highest BCUT2D eigenvalue weighted by Gasteiger charge is 2.45. The highest BCUT2D eigenvalue weighted by atomic mass is 79.9. The van der Waals surface area contributed by atoms with Crippen LogP contribution in [0.3, 0.4) is 0 Å².